The number of carbonyl (C=O) groups is 2. The van der Waals surface area contributed by atoms with Gasteiger partial charge in [-0.15, -0.1) is 0 Å². The summed E-state index contributed by atoms with van der Waals surface area (Å²) in [6, 6.07) is 22.7. The first kappa shape index (κ1) is 19.3. The summed E-state index contributed by atoms with van der Waals surface area (Å²) < 4.78 is 24.4. The van der Waals surface area contributed by atoms with Crippen molar-refractivity contribution >= 4 is 27.3 Å². The third kappa shape index (κ3) is 4.27. The van der Waals surface area contributed by atoms with Crippen LogP contribution in [0.5, 0.6) is 0 Å². The number of benzene rings is 3. The van der Waals surface area contributed by atoms with Crippen LogP contribution in [-0.4, -0.2) is 26.5 Å². The van der Waals surface area contributed by atoms with Gasteiger partial charge in [-0.05, 0) is 36.4 Å². The zero-order chi connectivity index (χ0) is 20.1. The molecule has 0 fully saturated rings. The summed E-state index contributed by atoms with van der Waals surface area (Å²) in [4.78, 5) is 25.7. The van der Waals surface area contributed by atoms with Gasteiger partial charge >= 0.3 is 0 Å². The van der Waals surface area contributed by atoms with Crippen LogP contribution in [0, 0.1) is 0 Å². The van der Waals surface area contributed by atoms with Crippen LogP contribution >= 0.6 is 0 Å². The summed E-state index contributed by atoms with van der Waals surface area (Å²) in [7, 11) is -3.64. The third-order valence-electron chi connectivity index (χ3n) is 3.98. The molecular formula is C21H18N2O4S. The Labute approximate surface area is 163 Å². The highest BCUT2D eigenvalue weighted by Crippen LogP contribution is 2.25. The van der Waals surface area contributed by atoms with E-state index in [0.29, 0.717) is 11.1 Å². The molecule has 0 heterocycles. The molecule has 6 nitrogen and oxygen atoms in total. The first-order chi connectivity index (χ1) is 13.4. The molecule has 0 aliphatic heterocycles. The van der Waals surface area contributed by atoms with Gasteiger partial charge in [-0.2, -0.15) is 0 Å². The Morgan fingerprint density at radius 1 is 0.750 bits per heavy atom. The quantitative estimate of drug-likeness (QED) is 0.690. The maximum absolute atomic E-state index is 13.1. The molecule has 0 radical (unpaired) electrons. The minimum absolute atomic E-state index is 0.0624. The Hall–Kier alpha value is -3.45. The molecule has 0 aromatic heterocycles. The highest BCUT2D eigenvalue weighted by molar-refractivity contribution is 7.90. The van der Waals surface area contributed by atoms with E-state index in [1.54, 1.807) is 72.8 Å². The highest BCUT2D eigenvalue weighted by atomic mass is 32.2. The van der Waals surface area contributed by atoms with E-state index >= 15 is 0 Å². The molecule has 3 aromatic rings. The maximum Gasteiger partial charge on any atom is 0.277 e. The summed E-state index contributed by atoms with van der Waals surface area (Å²) in [5.41, 5.74) is 3.26. The Kier molecular flexibility index (Phi) is 5.56. The van der Waals surface area contributed by atoms with Crippen LogP contribution in [0.15, 0.2) is 89.8 Å². The molecule has 2 amide bonds. The van der Waals surface area contributed by atoms with Gasteiger partial charge in [0, 0.05) is 17.4 Å². The van der Waals surface area contributed by atoms with Gasteiger partial charge in [-0.3, -0.25) is 15.0 Å². The first-order valence-electron chi connectivity index (χ1n) is 8.42. The fraction of sp³-hybridized carbons (Fsp3) is 0.0476. The molecule has 0 aliphatic carbocycles. The molecule has 3 rings (SSSR count). The topological polar surface area (TPSA) is 83.6 Å². The van der Waals surface area contributed by atoms with Crippen molar-refractivity contribution in [1.29, 1.82) is 0 Å². The van der Waals surface area contributed by atoms with Gasteiger partial charge in [0.15, 0.2) is 9.84 Å². The van der Waals surface area contributed by atoms with Crippen molar-refractivity contribution in [3.8, 4) is 0 Å². The van der Waals surface area contributed by atoms with Gasteiger partial charge in [0.2, 0.25) is 0 Å². The summed E-state index contributed by atoms with van der Waals surface area (Å²) in [6.45, 7) is 0. The van der Waals surface area contributed by atoms with Crippen LogP contribution in [0.2, 0.25) is 0 Å². The number of nitrogens with one attached hydrogen (secondary N) is 1. The van der Waals surface area contributed by atoms with E-state index in [4.69, 9.17) is 0 Å². The van der Waals surface area contributed by atoms with E-state index in [-0.39, 0.29) is 10.6 Å². The molecule has 3 aromatic carbocycles. The number of hydrogen-bond donors (Lipinski definition) is 1. The standard InChI is InChI=1S/C21H18N2O4S/c1-28(26,27)19-15-9-8-14-18(19)23(21(25)17-12-6-3-7-13-17)22-20(24)16-10-4-2-5-11-16/h2-15H,1H3,(H,22,24). The van der Waals surface area contributed by atoms with Gasteiger partial charge in [0.25, 0.3) is 11.8 Å². The Morgan fingerprint density at radius 3 is 1.82 bits per heavy atom. The van der Waals surface area contributed by atoms with Crippen molar-refractivity contribution in [2.45, 2.75) is 4.90 Å². The number of hydrazine groups is 1. The molecule has 7 heteroatoms. The van der Waals surface area contributed by atoms with Crippen molar-refractivity contribution < 1.29 is 18.0 Å². The SMILES string of the molecule is CS(=O)(=O)c1ccccc1N(NC(=O)c1ccccc1)C(=O)c1ccccc1. The second-order valence-electron chi connectivity index (χ2n) is 6.05. The van der Waals surface area contributed by atoms with Crippen LogP contribution in [-0.2, 0) is 9.84 Å². The Balaban J connectivity index is 2.08. The molecule has 142 valence electrons. The predicted molar refractivity (Wildman–Crippen MR) is 107 cm³/mol. The van der Waals surface area contributed by atoms with Crippen molar-refractivity contribution in [2.75, 3.05) is 11.3 Å². The van der Waals surface area contributed by atoms with Crippen LogP contribution in [0.4, 0.5) is 5.69 Å². The molecule has 0 atom stereocenters. The number of para-hydroxylation sites is 1. The fourth-order valence-electron chi connectivity index (χ4n) is 2.64. The van der Waals surface area contributed by atoms with Crippen LogP contribution in [0.3, 0.4) is 0 Å². The van der Waals surface area contributed by atoms with Crippen LogP contribution < -0.4 is 10.4 Å². The number of carbonyl (C=O) groups excluding carboxylic acids is 2. The number of nitrogens with zero attached hydrogens (tertiary/aromatic N) is 1. The number of rotatable bonds is 4. The minimum Gasteiger partial charge on any atom is -0.267 e. The molecular weight excluding hydrogens is 376 g/mol. The predicted octanol–water partition coefficient (Wildman–Crippen LogP) is 3.08. The average molecular weight is 394 g/mol. The van der Waals surface area contributed by atoms with E-state index in [0.717, 1.165) is 11.3 Å². The molecule has 0 unspecified atom stereocenters. The van der Waals surface area contributed by atoms with E-state index in [1.807, 2.05) is 0 Å². The largest absolute Gasteiger partial charge is 0.277 e. The number of sulfone groups is 1. The molecule has 0 saturated carbocycles. The van der Waals surface area contributed by atoms with Crippen molar-refractivity contribution in [3.05, 3.63) is 96.1 Å². The normalized spacial score (nSPS) is 10.9. The lowest BCUT2D eigenvalue weighted by atomic mass is 10.2. The lowest BCUT2D eigenvalue weighted by Crippen LogP contribution is -2.47. The lowest BCUT2D eigenvalue weighted by Gasteiger charge is -2.25. The number of anilines is 1. The fourth-order valence-corrected chi connectivity index (χ4v) is 3.51. The van der Waals surface area contributed by atoms with Gasteiger partial charge in [-0.1, -0.05) is 48.5 Å². The molecule has 1 N–H and O–H groups in total. The smallest absolute Gasteiger partial charge is 0.267 e. The molecule has 0 aliphatic rings. The van der Waals surface area contributed by atoms with Crippen LogP contribution in [0.1, 0.15) is 20.7 Å². The maximum atomic E-state index is 13.1. The highest BCUT2D eigenvalue weighted by Gasteiger charge is 2.26. The Morgan fingerprint density at radius 2 is 1.25 bits per heavy atom. The Bertz CT molecular complexity index is 1100. The summed E-state index contributed by atoms with van der Waals surface area (Å²) >= 11 is 0. The van der Waals surface area contributed by atoms with Gasteiger partial charge < -0.3 is 0 Å². The molecule has 28 heavy (non-hydrogen) atoms. The van der Waals surface area contributed by atoms with Crippen molar-refractivity contribution in [3.63, 3.8) is 0 Å². The van der Waals surface area contributed by atoms with E-state index < -0.39 is 21.7 Å². The van der Waals surface area contributed by atoms with Gasteiger partial charge in [0.05, 0.1) is 10.6 Å². The van der Waals surface area contributed by atoms with Gasteiger partial charge in [-0.25, -0.2) is 13.4 Å². The third-order valence-corrected chi connectivity index (χ3v) is 5.12. The van der Waals surface area contributed by atoms with E-state index in [1.165, 1.54) is 12.1 Å². The lowest BCUT2D eigenvalue weighted by molar-refractivity contribution is 0.0887. The van der Waals surface area contributed by atoms with Crippen molar-refractivity contribution in [2.24, 2.45) is 0 Å². The zero-order valence-corrected chi connectivity index (χ0v) is 15.9. The first-order valence-corrected chi connectivity index (χ1v) is 10.3. The average Bonchev–Trinajstić information content (AvgIpc) is 2.72. The second kappa shape index (κ2) is 8.06. The summed E-state index contributed by atoms with van der Waals surface area (Å²) in [6.07, 6.45) is 1.05. The molecule has 0 bridgehead atoms. The summed E-state index contributed by atoms with van der Waals surface area (Å²) in [5.74, 6) is -1.09. The monoisotopic (exact) mass is 394 g/mol. The van der Waals surface area contributed by atoms with Crippen LogP contribution in [0.25, 0.3) is 0 Å². The van der Waals surface area contributed by atoms with Crippen molar-refractivity contribution in [1.82, 2.24) is 5.43 Å². The molecule has 0 spiro atoms. The summed E-state index contributed by atoms with van der Waals surface area (Å²) in [5, 5.41) is 0.973. The zero-order valence-electron chi connectivity index (χ0n) is 15.1. The molecule has 0 saturated heterocycles. The van der Waals surface area contributed by atoms with E-state index in [2.05, 4.69) is 5.43 Å². The second-order valence-corrected chi connectivity index (χ2v) is 8.04. The minimum atomic E-state index is -3.64. The number of amides is 2. The number of hydrogen-bond acceptors (Lipinski definition) is 4. The van der Waals surface area contributed by atoms with Gasteiger partial charge in [0.1, 0.15) is 0 Å². The van der Waals surface area contributed by atoms with E-state index in [9.17, 15) is 18.0 Å².